The number of likely N-dealkylation sites (tertiary alicyclic amines) is 1. The SMILES string of the molecule is COc1ccccc1NC(=O)[C@@H]1CC(=O)N(CCc2ccc(OC)c(OC)c2)C1. The van der Waals surface area contributed by atoms with Crippen LogP contribution in [-0.2, 0) is 16.0 Å². The summed E-state index contributed by atoms with van der Waals surface area (Å²) in [5.41, 5.74) is 1.65. The molecule has 154 valence electrons. The molecule has 1 saturated heterocycles. The lowest BCUT2D eigenvalue weighted by Crippen LogP contribution is -2.30. The minimum absolute atomic E-state index is 0.00865. The Balaban J connectivity index is 1.58. The third-order valence-corrected chi connectivity index (χ3v) is 5.07. The normalized spacial score (nSPS) is 15.9. The van der Waals surface area contributed by atoms with Crippen LogP contribution in [-0.4, -0.2) is 51.1 Å². The molecule has 0 saturated carbocycles. The van der Waals surface area contributed by atoms with Gasteiger partial charge < -0.3 is 24.4 Å². The van der Waals surface area contributed by atoms with E-state index in [2.05, 4.69) is 5.32 Å². The number of ether oxygens (including phenoxy) is 3. The first-order valence-electron chi connectivity index (χ1n) is 9.48. The van der Waals surface area contributed by atoms with Gasteiger partial charge in [-0.3, -0.25) is 9.59 Å². The standard InChI is InChI=1S/C22H26N2O5/c1-27-18-7-5-4-6-17(18)23-22(26)16-13-21(25)24(14-16)11-10-15-8-9-19(28-2)20(12-15)29-3/h4-9,12,16H,10-11,13-14H2,1-3H3,(H,23,26)/t16-/m1/s1. The molecule has 0 aromatic heterocycles. The van der Waals surface area contributed by atoms with Crippen LogP contribution in [0.15, 0.2) is 42.5 Å². The van der Waals surface area contributed by atoms with Gasteiger partial charge in [0.1, 0.15) is 5.75 Å². The van der Waals surface area contributed by atoms with E-state index in [4.69, 9.17) is 14.2 Å². The zero-order chi connectivity index (χ0) is 20.8. The van der Waals surface area contributed by atoms with Crippen molar-refractivity contribution in [2.45, 2.75) is 12.8 Å². The molecule has 1 aliphatic heterocycles. The van der Waals surface area contributed by atoms with Crippen LogP contribution in [0.4, 0.5) is 5.69 Å². The first kappa shape index (κ1) is 20.5. The number of amides is 2. The number of hydrogen-bond acceptors (Lipinski definition) is 5. The largest absolute Gasteiger partial charge is 0.495 e. The molecule has 0 aliphatic carbocycles. The van der Waals surface area contributed by atoms with Crippen LogP contribution in [0.2, 0.25) is 0 Å². The van der Waals surface area contributed by atoms with Gasteiger partial charge in [-0.05, 0) is 36.2 Å². The molecule has 2 aromatic rings. The van der Waals surface area contributed by atoms with Gasteiger partial charge >= 0.3 is 0 Å². The summed E-state index contributed by atoms with van der Waals surface area (Å²) < 4.78 is 15.8. The van der Waals surface area contributed by atoms with Crippen molar-refractivity contribution in [3.63, 3.8) is 0 Å². The number of hydrogen-bond donors (Lipinski definition) is 1. The highest BCUT2D eigenvalue weighted by atomic mass is 16.5. The minimum Gasteiger partial charge on any atom is -0.495 e. The molecule has 7 heteroatoms. The van der Waals surface area contributed by atoms with Crippen molar-refractivity contribution in [1.29, 1.82) is 0 Å². The first-order chi connectivity index (χ1) is 14.0. The lowest BCUT2D eigenvalue weighted by molar-refractivity contribution is -0.128. The third kappa shape index (κ3) is 4.80. The molecule has 0 radical (unpaired) electrons. The maximum atomic E-state index is 12.6. The van der Waals surface area contributed by atoms with Gasteiger partial charge in [0.15, 0.2) is 11.5 Å². The van der Waals surface area contributed by atoms with Crippen LogP contribution in [0, 0.1) is 5.92 Å². The van der Waals surface area contributed by atoms with Crippen molar-refractivity contribution < 1.29 is 23.8 Å². The quantitative estimate of drug-likeness (QED) is 0.740. The van der Waals surface area contributed by atoms with Crippen molar-refractivity contribution in [1.82, 2.24) is 4.90 Å². The Bertz CT molecular complexity index is 883. The van der Waals surface area contributed by atoms with Crippen molar-refractivity contribution >= 4 is 17.5 Å². The zero-order valence-electron chi connectivity index (χ0n) is 16.9. The lowest BCUT2D eigenvalue weighted by Gasteiger charge is -2.17. The van der Waals surface area contributed by atoms with Crippen molar-refractivity contribution in [2.75, 3.05) is 39.7 Å². The predicted octanol–water partition coefficient (Wildman–Crippen LogP) is 2.74. The molecule has 1 atom stereocenters. The minimum atomic E-state index is -0.377. The van der Waals surface area contributed by atoms with E-state index in [-0.39, 0.29) is 24.2 Å². The fourth-order valence-electron chi connectivity index (χ4n) is 3.45. The Morgan fingerprint density at radius 2 is 1.76 bits per heavy atom. The Morgan fingerprint density at radius 3 is 2.48 bits per heavy atom. The van der Waals surface area contributed by atoms with E-state index in [0.717, 1.165) is 5.56 Å². The molecule has 3 rings (SSSR count). The Morgan fingerprint density at radius 1 is 1.03 bits per heavy atom. The van der Waals surface area contributed by atoms with E-state index in [1.54, 1.807) is 38.4 Å². The van der Waals surface area contributed by atoms with E-state index in [9.17, 15) is 9.59 Å². The van der Waals surface area contributed by atoms with Crippen LogP contribution >= 0.6 is 0 Å². The van der Waals surface area contributed by atoms with E-state index >= 15 is 0 Å². The van der Waals surface area contributed by atoms with E-state index in [1.165, 1.54) is 0 Å². The van der Waals surface area contributed by atoms with Gasteiger partial charge in [0.05, 0.1) is 32.9 Å². The summed E-state index contributed by atoms with van der Waals surface area (Å²) in [4.78, 5) is 26.8. The van der Waals surface area contributed by atoms with Crippen LogP contribution in [0.25, 0.3) is 0 Å². The summed E-state index contributed by atoms with van der Waals surface area (Å²) in [7, 11) is 4.74. The maximum absolute atomic E-state index is 12.6. The summed E-state index contributed by atoms with van der Waals surface area (Å²) in [6.45, 7) is 0.958. The first-order valence-corrected chi connectivity index (χ1v) is 9.48. The Labute approximate surface area is 170 Å². The average molecular weight is 398 g/mol. The molecule has 1 heterocycles. The molecule has 1 aliphatic rings. The molecule has 0 unspecified atom stereocenters. The maximum Gasteiger partial charge on any atom is 0.229 e. The number of nitrogens with one attached hydrogen (secondary N) is 1. The highest BCUT2D eigenvalue weighted by molar-refractivity contribution is 5.98. The number of para-hydroxylation sites is 2. The van der Waals surface area contributed by atoms with E-state index in [1.807, 2.05) is 30.3 Å². The molecule has 2 amide bonds. The second-order valence-corrected chi connectivity index (χ2v) is 6.87. The zero-order valence-corrected chi connectivity index (χ0v) is 16.9. The smallest absolute Gasteiger partial charge is 0.229 e. The monoisotopic (exact) mass is 398 g/mol. The molecular weight excluding hydrogens is 372 g/mol. The van der Waals surface area contributed by atoms with Crippen LogP contribution < -0.4 is 19.5 Å². The molecule has 0 bridgehead atoms. The van der Waals surface area contributed by atoms with Gasteiger partial charge in [0.2, 0.25) is 11.8 Å². The second-order valence-electron chi connectivity index (χ2n) is 6.87. The number of carbonyl (C=O) groups excluding carboxylic acids is 2. The summed E-state index contributed by atoms with van der Waals surface area (Å²) in [5.74, 6) is 1.36. The van der Waals surface area contributed by atoms with Gasteiger partial charge in [0, 0.05) is 19.5 Å². The van der Waals surface area contributed by atoms with Crippen molar-refractivity contribution in [3.8, 4) is 17.2 Å². The van der Waals surface area contributed by atoms with E-state index in [0.29, 0.717) is 42.4 Å². The molecule has 7 nitrogen and oxygen atoms in total. The van der Waals surface area contributed by atoms with Crippen LogP contribution in [0.1, 0.15) is 12.0 Å². The molecular formula is C22H26N2O5. The number of rotatable bonds is 8. The topological polar surface area (TPSA) is 77.1 Å². The van der Waals surface area contributed by atoms with Crippen LogP contribution in [0.5, 0.6) is 17.2 Å². The number of anilines is 1. The van der Waals surface area contributed by atoms with Gasteiger partial charge in [-0.15, -0.1) is 0 Å². The number of nitrogens with zero attached hydrogens (tertiary/aromatic N) is 1. The van der Waals surface area contributed by atoms with Gasteiger partial charge in [-0.1, -0.05) is 18.2 Å². The Kier molecular flexibility index (Phi) is 6.59. The highest BCUT2D eigenvalue weighted by Crippen LogP contribution is 2.29. The number of benzene rings is 2. The fraction of sp³-hybridized carbons (Fsp3) is 0.364. The Hall–Kier alpha value is -3.22. The average Bonchev–Trinajstić information content (AvgIpc) is 3.13. The molecule has 0 spiro atoms. The number of carbonyl (C=O) groups is 2. The lowest BCUT2D eigenvalue weighted by atomic mass is 10.1. The molecule has 1 N–H and O–H groups in total. The van der Waals surface area contributed by atoms with Gasteiger partial charge in [0.25, 0.3) is 0 Å². The summed E-state index contributed by atoms with van der Waals surface area (Å²) in [5, 5.41) is 2.87. The summed E-state index contributed by atoms with van der Waals surface area (Å²) in [6, 6.07) is 12.9. The van der Waals surface area contributed by atoms with Gasteiger partial charge in [-0.2, -0.15) is 0 Å². The summed E-state index contributed by atoms with van der Waals surface area (Å²) >= 11 is 0. The predicted molar refractivity (Wildman–Crippen MR) is 110 cm³/mol. The summed E-state index contributed by atoms with van der Waals surface area (Å²) in [6.07, 6.45) is 0.889. The number of methoxy groups -OCH3 is 3. The molecule has 2 aromatic carbocycles. The molecule has 29 heavy (non-hydrogen) atoms. The van der Waals surface area contributed by atoms with Crippen molar-refractivity contribution in [2.24, 2.45) is 5.92 Å². The second kappa shape index (κ2) is 9.32. The molecule has 1 fully saturated rings. The van der Waals surface area contributed by atoms with Gasteiger partial charge in [-0.25, -0.2) is 0 Å². The van der Waals surface area contributed by atoms with Crippen molar-refractivity contribution in [3.05, 3.63) is 48.0 Å². The fourth-order valence-corrected chi connectivity index (χ4v) is 3.45. The third-order valence-electron chi connectivity index (χ3n) is 5.07. The van der Waals surface area contributed by atoms with Crippen LogP contribution in [0.3, 0.4) is 0 Å². The highest BCUT2D eigenvalue weighted by Gasteiger charge is 2.34. The van der Waals surface area contributed by atoms with E-state index < -0.39 is 0 Å².